The predicted molar refractivity (Wildman–Crippen MR) is 90.0 cm³/mol. The molecule has 0 radical (unpaired) electrons. The summed E-state index contributed by atoms with van der Waals surface area (Å²) in [6, 6.07) is 5.31. The summed E-state index contributed by atoms with van der Waals surface area (Å²) < 4.78 is 5.21. The number of benzene rings is 1. The zero-order valence-electron chi connectivity index (χ0n) is 13.2. The lowest BCUT2D eigenvalue weighted by atomic mass is 9.87. The van der Waals surface area contributed by atoms with E-state index in [0.717, 1.165) is 31.6 Å². The Hall–Kier alpha value is -1.30. The highest BCUT2D eigenvalue weighted by atomic mass is 35.5. The number of hydrogen-bond acceptors (Lipinski definition) is 4. The predicted octanol–water partition coefficient (Wildman–Crippen LogP) is 2.39. The smallest absolute Gasteiger partial charge is 0.255 e. The van der Waals surface area contributed by atoms with Crippen LogP contribution in [0.5, 0.6) is 0 Å². The molecule has 23 heavy (non-hydrogen) atoms. The Kier molecular flexibility index (Phi) is 5.09. The molecule has 1 amide bonds. The molecule has 6 heteroatoms. The molecule has 2 aliphatic rings. The maximum Gasteiger partial charge on any atom is 0.255 e. The molecule has 2 saturated heterocycles. The van der Waals surface area contributed by atoms with Gasteiger partial charge in [0.05, 0.1) is 30.8 Å². The lowest BCUT2D eigenvalue weighted by Crippen LogP contribution is -2.50. The van der Waals surface area contributed by atoms with Crippen molar-refractivity contribution in [2.24, 2.45) is 5.41 Å². The molecule has 0 atom stereocenters. The molecule has 2 N–H and O–H groups in total. The number of nitrogens with zero attached hydrogens (tertiary/aromatic N) is 1. The number of anilines is 1. The maximum atomic E-state index is 12.8. The minimum Gasteiger partial charge on any atom is -0.396 e. The van der Waals surface area contributed by atoms with Crippen LogP contribution in [0.3, 0.4) is 0 Å². The number of likely N-dealkylation sites (tertiary alicyclic amines) is 1. The zero-order chi connectivity index (χ0) is 16.3. The van der Waals surface area contributed by atoms with Gasteiger partial charge in [0, 0.05) is 30.3 Å². The van der Waals surface area contributed by atoms with Crippen LogP contribution in [0.15, 0.2) is 18.2 Å². The van der Waals surface area contributed by atoms with Crippen molar-refractivity contribution >= 4 is 23.2 Å². The molecule has 0 aromatic heterocycles. The van der Waals surface area contributed by atoms with Gasteiger partial charge < -0.3 is 20.1 Å². The van der Waals surface area contributed by atoms with Crippen molar-refractivity contribution in [1.82, 2.24) is 4.90 Å². The maximum absolute atomic E-state index is 12.8. The number of nitrogens with one attached hydrogen (secondary N) is 1. The second-order valence-electron chi connectivity index (χ2n) is 6.55. The van der Waals surface area contributed by atoms with Gasteiger partial charge >= 0.3 is 0 Å². The van der Waals surface area contributed by atoms with Crippen LogP contribution in [0, 0.1) is 5.41 Å². The van der Waals surface area contributed by atoms with Crippen molar-refractivity contribution in [3.8, 4) is 0 Å². The summed E-state index contributed by atoms with van der Waals surface area (Å²) in [6.07, 6.45) is 3.31. The Morgan fingerprint density at radius 1 is 1.30 bits per heavy atom. The number of aliphatic hydroxyl groups is 1. The molecular weight excluding hydrogens is 316 g/mol. The van der Waals surface area contributed by atoms with E-state index in [4.69, 9.17) is 16.3 Å². The number of hydrogen-bond donors (Lipinski definition) is 2. The van der Waals surface area contributed by atoms with Crippen molar-refractivity contribution in [1.29, 1.82) is 0 Å². The number of ether oxygens (including phenoxy) is 1. The number of carbonyl (C=O) groups excluding carboxylic acids is 1. The van der Waals surface area contributed by atoms with Crippen LogP contribution < -0.4 is 5.32 Å². The highest BCUT2D eigenvalue weighted by molar-refractivity contribution is 6.31. The molecule has 2 aliphatic heterocycles. The van der Waals surface area contributed by atoms with Gasteiger partial charge in [0.15, 0.2) is 0 Å². The van der Waals surface area contributed by atoms with E-state index >= 15 is 0 Å². The lowest BCUT2D eigenvalue weighted by molar-refractivity contribution is -0.128. The van der Waals surface area contributed by atoms with Crippen LogP contribution in [0.25, 0.3) is 0 Å². The third-order valence-corrected chi connectivity index (χ3v) is 4.90. The first-order valence-corrected chi connectivity index (χ1v) is 8.53. The largest absolute Gasteiger partial charge is 0.396 e. The summed E-state index contributed by atoms with van der Waals surface area (Å²) in [4.78, 5) is 14.7. The van der Waals surface area contributed by atoms with Gasteiger partial charge in [0.2, 0.25) is 0 Å². The average molecular weight is 339 g/mol. The van der Waals surface area contributed by atoms with E-state index in [1.165, 1.54) is 6.42 Å². The molecule has 126 valence electrons. The Balaban J connectivity index is 1.75. The summed E-state index contributed by atoms with van der Waals surface area (Å²) in [5, 5.41) is 13.4. The quantitative estimate of drug-likeness (QED) is 0.865. The number of amides is 1. The van der Waals surface area contributed by atoms with Crippen LogP contribution in [-0.2, 0) is 4.74 Å². The van der Waals surface area contributed by atoms with E-state index in [-0.39, 0.29) is 17.9 Å². The molecule has 0 saturated carbocycles. The summed E-state index contributed by atoms with van der Waals surface area (Å²) in [5.41, 5.74) is 1.12. The number of carbonyl (C=O) groups is 1. The Labute approximate surface area is 141 Å². The summed E-state index contributed by atoms with van der Waals surface area (Å²) >= 11 is 6.10. The van der Waals surface area contributed by atoms with Crippen molar-refractivity contribution in [3.05, 3.63) is 28.8 Å². The standard InChI is InChI=1S/C17H23ClN2O3/c18-13-4-5-14(16(22)20-6-2-1-3-7-20)15(8-13)19-9-17(10-21)11-23-12-17/h4-5,8,19,21H,1-3,6-7,9-12H2. The number of rotatable bonds is 5. The fourth-order valence-corrected chi connectivity index (χ4v) is 3.21. The molecule has 3 rings (SSSR count). The molecule has 0 unspecified atom stereocenters. The van der Waals surface area contributed by atoms with Gasteiger partial charge in [-0.15, -0.1) is 0 Å². The van der Waals surface area contributed by atoms with Crippen LogP contribution >= 0.6 is 11.6 Å². The average Bonchev–Trinajstić information content (AvgIpc) is 2.55. The van der Waals surface area contributed by atoms with E-state index in [0.29, 0.717) is 30.3 Å². The third kappa shape index (κ3) is 3.62. The van der Waals surface area contributed by atoms with Gasteiger partial charge in [-0.3, -0.25) is 4.79 Å². The van der Waals surface area contributed by atoms with E-state index in [9.17, 15) is 9.90 Å². The van der Waals surface area contributed by atoms with Crippen LogP contribution in [0.1, 0.15) is 29.6 Å². The summed E-state index contributed by atoms with van der Waals surface area (Å²) in [6.45, 7) is 3.32. The van der Waals surface area contributed by atoms with Crippen LogP contribution in [0.2, 0.25) is 5.02 Å². The zero-order valence-corrected chi connectivity index (χ0v) is 13.9. The van der Waals surface area contributed by atoms with E-state index in [2.05, 4.69) is 5.32 Å². The second kappa shape index (κ2) is 7.07. The minimum atomic E-state index is -0.256. The first-order valence-electron chi connectivity index (χ1n) is 8.15. The molecule has 1 aromatic carbocycles. The lowest BCUT2D eigenvalue weighted by Gasteiger charge is -2.40. The van der Waals surface area contributed by atoms with Gasteiger partial charge in [-0.2, -0.15) is 0 Å². The molecular formula is C17H23ClN2O3. The topological polar surface area (TPSA) is 61.8 Å². The van der Waals surface area contributed by atoms with Gasteiger partial charge in [0.25, 0.3) is 5.91 Å². The van der Waals surface area contributed by atoms with Gasteiger partial charge in [-0.25, -0.2) is 0 Å². The van der Waals surface area contributed by atoms with Crippen LogP contribution in [0.4, 0.5) is 5.69 Å². The van der Waals surface area contributed by atoms with Crippen molar-refractivity contribution in [2.45, 2.75) is 19.3 Å². The van der Waals surface area contributed by atoms with Gasteiger partial charge in [-0.05, 0) is 37.5 Å². The molecule has 2 heterocycles. The summed E-state index contributed by atoms with van der Waals surface area (Å²) in [5.74, 6) is 0.0479. The fourth-order valence-electron chi connectivity index (χ4n) is 3.04. The molecule has 5 nitrogen and oxygen atoms in total. The molecule has 2 fully saturated rings. The monoisotopic (exact) mass is 338 g/mol. The molecule has 1 aromatic rings. The first kappa shape index (κ1) is 16.6. The molecule has 0 bridgehead atoms. The van der Waals surface area contributed by atoms with Crippen molar-refractivity contribution in [3.63, 3.8) is 0 Å². The Bertz CT molecular complexity index is 563. The van der Waals surface area contributed by atoms with E-state index in [1.807, 2.05) is 4.90 Å². The van der Waals surface area contributed by atoms with Gasteiger partial charge in [0.1, 0.15) is 0 Å². The molecule has 0 spiro atoms. The normalized spacial score (nSPS) is 20.0. The number of aliphatic hydroxyl groups excluding tert-OH is 1. The summed E-state index contributed by atoms with van der Waals surface area (Å²) in [7, 11) is 0. The number of halogens is 1. The van der Waals surface area contributed by atoms with Crippen molar-refractivity contribution in [2.75, 3.05) is 44.8 Å². The minimum absolute atomic E-state index is 0.0479. The first-order chi connectivity index (χ1) is 11.1. The van der Waals surface area contributed by atoms with Crippen LogP contribution in [-0.4, -0.2) is 55.4 Å². The highest BCUT2D eigenvalue weighted by Crippen LogP contribution is 2.29. The Morgan fingerprint density at radius 2 is 2.04 bits per heavy atom. The van der Waals surface area contributed by atoms with E-state index in [1.54, 1.807) is 18.2 Å². The highest BCUT2D eigenvalue weighted by Gasteiger charge is 2.38. The van der Waals surface area contributed by atoms with Gasteiger partial charge in [-0.1, -0.05) is 11.6 Å². The Morgan fingerprint density at radius 3 is 2.65 bits per heavy atom. The third-order valence-electron chi connectivity index (χ3n) is 4.66. The SMILES string of the molecule is O=C(c1ccc(Cl)cc1NCC1(CO)COC1)N1CCCCC1. The van der Waals surface area contributed by atoms with Crippen molar-refractivity contribution < 1.29 is 14.6 Å². The fraction of sp³-hybridized carbons (Fsp3) is 0.588. The number of piperidine rings is 1. The van der Waals surface area contributed by atoms with E-state index < -0.39 is 0 Å². The second-order valence-corrected chi connectivity index (χ2v) is 6.98. The molecule has 0 aliphatic carbocycles.